The van der Waals surface area contributed by atoms with Crippen LogP contribution in [0.15, 0.2) is 36.5 Å². The van der Waals surface area contributed by atoms with E-state index in [4.69, 9.17) is 28.9 Å². The molecule has 0 aliphatic carbocycles. The third kappa shape index (κ3) is 3.60. The quantitative estimate of drug-likeness (QED) is 0.939. The van der Waals surface area contributed by atoms with Gasteiger partial charge in [0.1, 0.15) is 5.82 Å². The molecule has 0 fully saturated rings. The summed E-state index contributed by atoms with van der Waals surface area (Å²) in [5, 5.41) is 1.34. The number of pyridine rings is 1. The van der Waals surface area contributed by atoms with Crippen LogP contribution >= 0.6 is 23.2 Å². The van der Waals surface area contributed by atoms with Crippen molar-refractivity contribution in [2.24, 2.45) is 5.73 Å². The Bertz CT molecular complexity index is 555. The molecule has 19 heavy (non-hydrogen) atoms. The van der Waals surface area contributed by atoms with Crippen LogP contribution in [0.4, 0.5) is 5.82 Å². The Morgan fingerprint density at radius 2 is 1.84 bits per heavy atom. The van der Waals surface area contributed by atoms with E-state index < -0.39 is 0 Å². The maximum atomic E-state index is 6.21. The SMILES string of the molecule is CN(Cc1ccc(Cl)cc1)c1ncc(CN)cc1Cl. The van der Waals surface area contributed by atoms with E-state index in [1.165, 1.54) is 0 Å². The van der Waals surface area contributed by atoms with Gasteiger partial charge in [-0.1, -0.05) is 35.3 Å². The third-order valence-corrected chi connectivity index (χ3v) is 3.34. The second kappa shape index (κ2) is 6.24. The van der Waals surface area contributed by atoms with E-state index in [-0.39, 0.29) is 0 Å². The van der Waals surface area contributed by atoms with Gasteiger partial charge in [-0.15, -0.1) is 0 Å². The van der Waals surface area contributed by atoms with Gasteiger partial charge in [-0.25, -0.2) is 4.98 Å². The van der Waals surface area contributed by atoms with Crippen molar-refractivity contribution < 1.29 is 0 Å². The molecule has 2 rings (SSSR count). The van der Waals surface area contributed by atoms with Crippen LogP contribution in [0.2, 0.25) is 10.0 Å². The lowest BCUT2D eigenvalue weighted by Gasteiger charge is -2.19. The van der Waals surface area contributed by atoms with Crippen LogP contribution in [0, 0.1) is 0 Å². The summed E-state index contributed by atoms with van der Waals surface area (Å²) in [4.78, 5) is 6.34. The Balaban J connectivity index is 2.15. The summed E-state index contributed by atoms with van der Waals surface area (Å²) in [7, 11) is 1.95. The minimum atomic E-state index is 0.438. The molecular weight excluding hydrogens is 281 g/mol. The fourth-order valence-corrected chi connectivity index (χ4v) is 2.26. The highest BCUT2D eigenvalue weighted by atomic mass is 35.5. The number of hydrogen-bond acceptors (Lipinski definition) is 3. The number of hydrogen-bond donors (Lipinski definition) is 1. The van der Waals surface area contributed by atoms with Crippen molar-refractivity contribution in [3.05, 3.63) is 57.7 Å². The molecule has 1 aromatic carbocycles. The van der Waals surface area contributed by atoms with Crippen molar-refractivity contribution in [1.29, 1.82) is 0 Å². The minimum Gasteiger partial charge on any atom is -0.354 e. The topological polar surface area (TPSA) is 42.2 Å². The Morgan fingerprint density at radius 1 is 1.16 bits per heavy atom. The van der Waals surface area contributed by atoms with E-state index in [1.807, 2.05) is 42.3 Å². The molecule has 0 radical (unpaired) electrons. The van der Waals surface area contributed by atoms with E-state index in [2.05, 4.69) is 4.98 Å². The van der Waals surface area contributed by atoms with Crippen LogP contribution in [0.5, 0.6) is 0 Å². The number of nitrogens with two attached hydrogens (primary N) is 1. The molecule has 0 amide bonds. The molecule has 0 aliphatic rings. The van der Waals surface area contributed by atoms with Gasteiger partial charge in [0.05, 0.1) is 5.02 Å². The molecule has 5 heteroatoms. The zero-order valence-electron chi connectivity index (χ0n) is 10.6. The summed E-state index contributed by atoms with van der Waals surface area (Å²) in [6, 6.07) is 9.57. The van der Waals surface area contributed by atoms with Crippen molar-refractivity contribution in [1.82, 2.24) is 4.98 Å². The summed E-state index contributed by atoms with van der Waals surface area (Å²) in [5.41, 5.74) is 7.63. The molecule has 0 saturated carbocycles. The molecule has 0 saturated heterocycles. The molecule has 2 N–H and O–H groups in total. The average molecular weight is 296 g/mol. The predicted octanol–water partition coefficient (Wildman–Crippen LogP) is 3.48. The van der Waals surface area contributed by atoms with Gasteiger partial charge in [0.25, 0.3) is 0 Å². The molecular formula is C14H15Cl2N3. The molecule has 0 unspecified atom stereocenters. The summed E-state index contributed by atoms with van der Waals surface area (Å²) < 4.78 is 0. The highest BCUT2D eigenvalue weighted by molar-refractivity contribution is 6.33. The molecule has 0 aliphatic heterocycles. The molecule has 3 nitrogen and oxygen atoms in total. The van der Waals surface area contributed by atoms with E-state index in [0.717, 1.165) is 22.0 Å². The molecule has 0 spiro atoms. The average Bonchev–Trinajstić information content (AvgIpc) is 2.41. The Labute approximate surface area is 123 Å². The highest BCUT2D eigenvalue weighted by Gasteiger charge is 2.09. The summed E-state index contributed by atoms with van der Waals surface area (Å²) in [6.07, 6.45) is 1.75. The van der Waals surface area contributed by atoms with Crippen molar-refractivity contribution >= 4 is 29.0 Å². The van der Waals surface area contributed by atoms with Gasteiger partial charge in [0.2, 0.25) is 0 Å². The Hall–Kier alpha value is -1.29. The second-order valence-electron chi connectivity index (χ2n) is 4.34. The first-order valence-corrected chi connectivity index (χ1v) is 6.66. The largest absolute Gasteiger partial charge is 0.354 e. The number of anilines is 1. The van der Waals surface area contributed by atoms with Crippen LogP contribution in [-0.4, -0.2) is 12.0 Å². The van der Waals surface area contributed by atoms with Gasteiger partial charge in [0, 0.05) is 31.4 Å². The monoisotopic (exact) mass is 295 g/mol. The van der Waals surface area contributed by atoms with Crippen molar-refractivity contribution in [2.45, 2.75) is 13.1 Å². The van der Waals surface area contributed by atoms with Crippen molar-refractivity contribution in [2.75, 3.05) is 11.9 Å². The van der Waals surface area contributed by atoms with Gasteiger partial charge in [-0.2, -0.15) is 0 Å². The maximum absolute atomic E-state index is 6.21. The lowest BCUT2D eigenvalue weighted by Crippen LogP contribution is -2.18. The minimum absolute atomic E-state index is 0.438. The molecule has 1 aromatic heterocycles. The van der Waals surface area contributed by atoms with E-state index in [1.54, 1.807) is 6.20 Å². The number of benzene rings is 1. The predicted molar refractivity (Wildman–Crippen MR) is 80.7 cm³/mol. The second-order valence-corrected chi connectivity index (χ2v) is 5.18. The lowest BCUT2D eigenvalue weighted by molar-refractivity contribution is 0.893. The van der Waals surface area contributed by atoms with Gasteiger partial charge < -0.3 is 10.6 Å². The summed E-state index contributed by atoms with van der Waals surface area (Å²) >= 11 is 12.1. The number of halogens is 2. The van der Waals surface area contributed by atoms with Crippen LogP contribution in [-0.2, 0) is 13.1 Å². The van der Waals surface area contributed by atoms with Crippen LogP contribution < -0.4 is 10.6 Å². The molecule has 0 atom stereocenters. The molecule has 100 valence electrons. The van der Waals surface area contributed by atoms with Crippen molar-refractivity contribution in [3.8, 4) is 0 Å². The number of rotatable bonds is 4. The van der Waals surface area contributed by atoms with Gasteiger partial charge >= 0.3 is 0 Å². The van der Waals surface area contributed by atoms with Crippen molar-refractivity contribution in [3.63, 3.8) is 0 Å². The summed E-state index contributed by atoms with van der Waals surface area (Å²) in [6.45, 7) is 1.15. The highest BCUT2D eigenvalue weighted by Crippen LogP contribution is 2.24. The maximum Gasteiger partial charge on any atom is 0.147 e. The third-order valence-electron chi connectivity index (χ3n) is 2.81. The van der Waals surface area contributed by atoms with Gasteiger partial charge in [-0.05, 0) is 29.3 Å². The smallest absolute Gasteiger partial charge is 0.147 e. The lowest BCUT2D eigenvalue weighted by atomic mass is 10.2. The fraction of sp³-hybridized carbons (Fsp3) is 0.214. The molecule has 2 aromatic rings. The van der Waals surface area contributed by atoms with Crippen LogP contribution in [0.1, 0.15) is 11.1 Å². The van der Waals surface area contributed by atoms with Gasteiger partial charge in [-0.3, -0.25) is 0 Å². The normalized spacial score (nSPS) is 10.5. The molecule has 0 bridgehead atoms. The zero-order chi connectivity index (χ0) is 13.8. The zero-order valence-corrected chi connectivity index (χ0v) is 12.1. The Kier molecular flexibility index (Phi) is 4.64. The fourth-order valence-electron chi connectivity index (χ4n) is 1.80. The van der Waals surface area contributed by atoms with E-state index in [0.29, 0.717) is 18.1 Å². The van der Waals surface area contributed by atoms with Crippen LogP contribution in [0.25, 0.3) is 0 Å². The number of aromatic nitrogens is 1. The Morgan fingerprint density at radius 3 is 2.42 bits per heavy atom. The van der Waals surface area contributed by atoms with Crippen LogP contribution in [0.3, 0.4) is 0 Å². The molecule has 1 heterocycles. The first kappa shape index (κ1) is 14.1. The number of nitrogens with zero attached hydrogens (tertiary/aromatic N) is 2. The van der Waals surface area contributed by atoms with Gasteiger partial charge in [0.15, 0.2) is 0 Å². The standard InChI is InChI=1S/C14H15Cl2N3/c1-19(9-10-2-4-12(15)5-3-10)14-13(16)6-11(7-17)8-18-14/h2-6,8H,7,9,17H2,1H3. The summed E-state index contributed by atoms with van der Waals surface area (Å²) in [5.74, 6) is 0.744. The first-order valence-electron chi connectivity index (χ1n) is 5.90. The van der Waals surface area contributed by atoms with E-state index in [9.17, 15) is 0 Å². The first-order chi connectivity index (χ1) is 9.10. The van der Waals surface area contributed by atoms with E-state index >= 15 is 0 Å².